The van der Waals surface area contributed by atoms with E-state index < -0.39 is 0 Å². The van der Waals surface area contributed by atoms with Crippen molar-refractivity contribution in [1.29, 1.82) is 0 Å². The molecular weight excluding hydrogens is 373 g/mol. The maximum Gasteiger partial charge on any atom is 0.0868 e. The molecule has 0 spiro atoms. The average Bonchev–Trinajstić information content (AvgIpc) is 2.74. The molecule has 0 amide bonds. The number of para-hydroxylation sites is 1. The molecule has 0 atom stereocenters. The first-order valence-corrected chi connectivity index (χ1v) is 7.85. The fourth-order valence-electron chi connectivity index (χ4n) is 1.97. The van der Waals surface area contributed by atoms with E-state index in [2.05, 4.69) is 59.0 Å². The molecule has 0 unspecified atom stereocenters. The van der Waals surface area contributed by atoms with Crippen molar-refractivity contribution in [2.75, 3.05) is 5.32 Å². The number of nitrogens with one attached hydrogen (secondary N) is 1. The van der Waals surface area contributed by atoms with Crippen LogP contribution in [0.25, 0.3) is 0 Å². The monoisotopic (exact) mass is 389 g/mol. The summed E-state index contributed by atoms with van der Waals surface area (Å²) in [5.74, 6) is 0. The molecule has 0 fully saturated rings. The van der Waals surface area contributed by atoms with Crippen molar-refractivity contribution >= 4 is 39.9 Å². The Balaban J connectivity index is 2.20. The molecule has 1 heterocycles. The molecule has 0 saturated carbocycles. The molecule has 0 bridgehead atoms. The van der Waals surface area contributed by atoms with Crippen LogP contribution in [-0.2, 0) is 19.5 Å². The predicted molar refractivity (Wildman–Crippen MR) is 88.8 cm³/mol. The normalized spacial score (nSPS) is 10.7. The molecule has 0 aliphatic rings. The van der Waals surface area contributed by atoms with Gasteiger partial charge in [0, 0.05) is 15.8 Å². The largest absolute Gasteiger partial charge is 0.378 e. The highest BCUT2D eigenvalue weighted by Crippen LogP contribution is 2.24. The Morgan fingerprint density at radius 1 is 1.32 bits per heavy atom. The van der Waals surface area contributed by atoms with E-state index in [4.69, 9.17) is 11.6 Å². The zero-order valence-electron chi connectivity index (χ0n) is 11.1. The van der Waals surface area contributed by atoms with E-state index in [1.54, 1.807) is 0 Å². The van der Waals surface area contributed by atoms with Crippen LogP contribution in [-0.4, -0.2) is 9.78 Å². The molecule has 0 radical (unpaired) electrons. The van der Waals surface area contributed by atoms with Gasteiger partial charge in [-0.25, -0.2) is 0 Å². The Labute approximate surface area is 132 Å². The van der Waals surface area contributed by atoms with Crippen LogP contribution in [0.4, 0.5) is 5.69 Å². The van der Waals surface area contributed by atoms with Crippen molar-refractivity contribution in [3.8, 4) is 0 Å². The second-order valence-electron chi connectivity index (χ2n) is 4.21. The summed E-state index contributed by atoms with van der Waals surface area (Å²) >= 11 is 8.71. The summed E-state index contributed by atoms with van der Waals surface area (Å²) in [6, 6.07) is 8.22. The summed E-state index contributed by atoms with van der Waals surface area (Å²) in [4.78, 5) is 0. The van der Waals surface area contributed by atoms with Crippen LogP contribution in [0, 0.1) is 3.57 Å². The third-order valence-corrected chi connectivity index (χ3v) is 4.39. The minimum atomic E-state index is 0.694. The third kappa shape index (κ3) is 3.23. The zero-order chi connectivity index (χ0) is 13.8. The van der Waals surface area contributed by atoms with Crippen LogP contribution >= 0.6 is 34.2 Å². The van der Waals surface area contributed by atoms with Gasteiger partial charge < -0.3 is 5.32 Å². The van der Waals surface area contributed by atoms with Crippen molar-refractivity contribution in [3.05, 3.63) is 44.2 Å². The minimum Gasteiger partial charge on any atom is -0.378 e. The molecule has 2 rings (SSSR count). The van der Waals surface area contributed by atoms with Crippen molar-refractivity contribution < 1.29 is 0 Å². The number of hydrogen-bond donors (Lipinski definition) is 1. The first kappa shape index (κ1) is 14.7. The summed E-state index contributed by atoms with van der Waals surface area (Å²) in [7, 11) is 0. The number of hydrogen-bond acceptors (Lipinski definition) is 2. The van der Waals surface area contributed by atoms with Crippen LogP contribution in [0.5, 0.6) is 0 Å². The van der Waals surface area contributed by atoms with Gasteiger partial charge in [0.25, 0.3) is 0 Å². The summed E-state index contributed by atoms with van der Waals surface area (Å²) < 4.78 is 3.18. The molecule has 0 aliphatic heterocycles. The number of rotatable bonds is 5. The molecule has 19 heavy (non-hydrogen) atoms. The number of anilines is 1. The molecule has 3 nitrogen and oxygen atoms in total. The summed E-state index contributed by atoms with van der Waals surface area (Å²) in [6.07, 6.45) is 0.863. The Kier molecular flexibility index (Phi) is 5.10. The number of benzene rings is 1. The van der Waals surface area contributed by atoms with E-state index in [9.17, 15) is 0 Å². The number of aromatic nitrogens is 2. The average molecular weight is 390 g/mol. The fourth-order valence-corrected chi connectivity index (χ4v) is 2.88. The summed E-state index contributed by atoms with van der Waals surface area (Å²) in [5.41, 5.74) is 3.16. The minimum absolute atomic E-state index is 0.694. The molecule has 102 valence electrons. The van der Waals surface area contributed by atoms with E-state index in [1.165, 1.54) is 3.57 Å². The number of halogens is 2. The van der Waals surface area contributed by atoms with Gasteiger partial charge in [0.1, 0.15) is 0 Å². The zero-order valence-corrected chi connectivity index (χ0v) is 14.0. The van der Waals surface area contributed by atoms with Crippen molar-refractivity contribution in [1.82, 2.24) is 9.78 Å². The second kappa shape index (κ2) is 6.61. The van der Waals surface area contributed by atoms with Gasteiger partial charge in [-0.1, -0.05) is 30.7 Å². The summed E-state index contributed by atoms with van der Waals surface area (Å²) in [6.45, 7) is 5.69. The lowest BCUT2D eigenvalue weighted by molar-refractivity contribution is 0.619. The van der Waals surface area contributed by atoms with E-state index in [1.807, 2.05) is 16.8 Å². The van der Waals surface area contributed by atoms with Crippen LogP contribution in [0.1, 0.15) is 25.2 Å². The smallest absolute Gasteiger partial charge is 0.0868 e. The topological polar surface area (TPSA) is 29.9 Å². The molecule has 2 aromatic rings. The fraction of sp³-hybridized carbons (Fsp3) is 0.357. The quantitative estimate of drug-likeness (QED) is 0.771. The molecular formula is C14H17ClIN3. The van der Waals surface area contributed by atoms with Gasteiger partial charge in [-0.05, 0) is 48.1 Å². The van der Waals surface area contributed by atoms with E-state index in [0.717, 1.165) is 35.1 Å². The van der Waals surface area contributed by atoms with Gasteiger partial charge in [-0.2, -0.15) is 5.10 Å². The van der Waals surface area contributed by atoms with Crippen LogP contribution in [0.3, 0.4) is 0 Å². The Morgan fingerprint density at radius 2 is 2.05 bits per heavy atom. The van der Waals surface area contributed by atoms with Crippen molar-refractivity contribution in [2.24, 2.45) is 0 Å². The highest BCUT2D eigenvalue weighted by atomic mass is 127. The maximum atomic E-state index is 6.39. The van der Waals surface area contributed by atoms with Crippen molar-refractivity contribution in [2.45, 2.75) is 33.4 Å². The molecule has 1 N–H and O–H groups in total. The molecule has 5 heteroatoms. The number of aryl methyl sites for hydroxylation is 2. The van der Waals surface area contributed by atoms with E-state index >= 15 is 0 Å². The predicted octanol–water partition coefficient (Wildman–Crippen LogP) is 4.34. The maximum absolute atomic E-state index is 6.39. The van der Waals surface area contributed by atoms with Gasteiger partial charge in [0.15, 0.2) is 0 Å². The van der Waals surface area contributed by atoms with Crippen LogP contribution in [0.15, 0.2) is 24.3 Å². The highest BCUT2D eigenvalue weighted by Gasteiger charge is 2.14. The highest BCUT2D eigenvalue weighted by molar-refractivity contribution is 14.1. The molecule has 1 aromatic carbocycles. The number of nitrogens with zero attached hydrogens (tertiary/aromatic N) is 2. The van der Waals surface area contributed by atoms with Gasteiger partial charge in [-0.3, -0.25) is 4.68 Å². The van der Waals surface area contributed by atoms with E-state index in [-0.39, 0.29) is 0 Å². The third-order valence-electron chi connectivity index (χ3n) is 3.01. The van der Waals surface area contributed by atoms with Gasteiger partial charge >= 0.3 is 0 Å². The Bertz CT molecular complexity index is 566. The van der Waals surface area contributed by atoms with E-state index in [0.29, 0.717) is 6.54 Å². The van der Waals surface area contributed by atoms with Gasteiger partial charge in [0.05, 0.1) is 23.0 Å². The standard InChI is InChI=1S/C14H17ClIN3/c1-3-11-14(15)13(19(4-2)18-11)9-17-12-8-6-5-7-10(12)16/h5-8,17H,3-4,9H2,1-2H3. The lowest BCUT2D eigenvalue weighted by atomic mass is 10.3. The van der Waals surface area contributed by atoms with Crippen LogP contribution in [0.2, 0.25) is 5.02 Å². The summed E-state index contributed by atoms with van der Waals surface area (Å²) in [5, 5.41) is 8.75. The van der Waals surface area contributed by atoms with Gasteiger partial charge in [-0.15, -0.1) is 0 Å². The van der Waals surface area contributed by atoms with Crippen LogP contribution < -0.4 is 5.32 Å². The Hall–Kier alpha value is -0.750. The van der Waals surface area contributed by atoms with Gasteiger partial charge in [0.2, 0.25) is 0 Å². The first-order chi connectivity index (χ1) is 9.17. The molecule has 1 aromatic heterocycles. The van der Waals surface area contributed by atoms with Crippen molar-refractivity contribution in [3.63, 3.8) is 0 Å². The second-order valence-corrected chi connectivity index (χ2v) is 5.75. The molecule has 0 saturated heterocycles. The Morgan fingerprint density at radius 3 is 2.68 bits per heavy atom. The molecule has 0 aliphatic carbocycles. The lowest BCUT2D eigenvalue weighted by Gasteiger charge is -2.10. The SMILES string of the molecule is CCc1nn(CC)c(CNc2ccccc2I)c1Cl. The lowest BCUT2D eigenvalue weighted by Crippen LogP contribution is -2.08. The first-order valence-electron chi connectivity index (χ1n) is 6.39.